The average molecular weight is 510 g/mol. The predicted molar refractivity (Wildman–Crippen MR) is 143 cm³/mol. The van der Waals surface area contributed by atoms with Gasteiger partial charge in [-0.3, -0.25) is 19.3 Å². The summed E-state index contributed by atoms with van der Waals surface area (Å²) in [6.07, 6.45) is 3.17. The number of carbonyl (C=O) groups is 3. The molecule has 3 amide bonds. The average Bonchev–Trinajstić information content (AvgIpc) is 3.60. The van der Waals surface area contributed by atoms with Gasteiger partial charge in [0.25, 0.3) is 11.8 Å². The van der Waals surface area contributed by atoms with Crippen molar-refractivity contribution in [3.63, 3.8) is 0 Å². The van der Waals surface area contributed by atoms with Gasteiger partial charge in [-0.15, -0.1) is 11.3 Å². The first-order valence-corrected chi connectivity index (χ1v) is 13.1. The van der Waals surface area contributed by atoms with Gasteiger partial charge in [-0.25, -0.2) is 0 Å². The number of benzene rings is 1. The highest BCUT2D eigenvalue weighted by molar-refractivity contribution is 7.12. The number of hydrogen-bond donors (Lipinski definition) is 2. The number of nitrogens with zero attached hydrogens (tertiary/aromatic N) is 1. The summed E-state index contributed by atoms with van der Waals surface area (Å²) in [6.45, 7) is 9.84. The number of rotatable bonds is 11. The van der Waals surface area contributed by atoms with Crippen molar-refractivity contribution in [3.05, 3.63) is 76.4 Å². The van der Waals surface area contributed by atoms with Gasteiger partial charge in [-0.05, 0) is 73.9 Å². The van der Waals surface area contributed by atoms with Crippen LogP contribution in [0.4, 0.5) is 5.69 Å². The van der Waals surface area contributed by atoms with E-state index in [1.807, 2.05) is 45.0 Å². The fourth-order valence-electron chi connectivity index (χ4n) is 3.68. The highest BCUT2D eigenvalue weighted by Gasteiger charge is 2.36. The van der Waals surface area contributed by atoms with E-state index < -0.39 is 17.5 Å². The quantitative estimate of drug-likeness (QED) is 0.349. The standard InChI is InChI=1S/C28H35N3O4S/c1-6-19(3)20-12-14-21(15-13-20)31(24(32)18-29-26(33)23-11-9-17-36-23)25(22-10-8-16-35-22)27(34)30-28(4,5)7-2/h8-17,19,25H,6-7,18H2,1-5H3,(H,29,33)(H,30,34). The number of anilines is 1. The van der Waals surface area contributed by atoms with E-state index in [0.29, 0.717) is 28.7 Å². The van der Waals surface area contributed by atoms with Crippen LogP contribution in [-0.2, 0) is 9.59 Å². The molecule has 3 aromatic rings. The largest absolute Gasteiger partial charge is 0.467 e. The van der Waals surface area contributed by atoms with E-state index in [0.717, 1.165) is 12.0 Å². The number of amides is 3. The summed E-state index contributed by atoms with van der Waals surface area (Å²) in [5, 5.41) is 7.54. The van der Waals surface area contributed by atoms with Crippen molar-refractivity contribution < 1.29 is 18.8 Å². The Kier molecular flexibility index (Phi) is 9.09. The molecule has 2 heterocycles. The Morgan fingerprint density at radius 2 is 1.78 bits per heavy atom. The molecule has 2 aromatic heterocycles. The van der Waals surface area contributed by atoms with Crippen molar-refractivity contribution in [1.29, 1.82) is 0 Å². The number of carbonyl (C=O) groups excluding carboxylic acids is 3. The Bertz CT molecular complexity index is 1140. The molecule has 3 rings (SSSR count). The predicted octanol–water partition coefficient (Wildman–Crippen LogP) is 5.66. The van der Waals surface area contributed by atoms with Crippen molar-refractivity contribution in [2.24, 2.45) is 0 Å². The maximum absolute atomic E-state index is 13.7. The van der Waals surface area contributed by atoms with Crippen molar-refractivity contribution in [2.45, 2.75) is 65.0 Å². The summed E-state index contributed by atoms with van der Waals surface area (Å²) in [5.41, 5.74) is 1.21. The highest BCUT2D eigenvalue weighted by Crippen LogP contribution is 2.31. The Labute approximate surface area is 216 Å². The molecule has 0 saturated carbocycles. The van der Waals surface area contributed by atoms with Crippen LogP contribution in [0.3, 0.4) is 0 Å². The third-order valence-corrected chi connectivity index (χ3v) is 7.30. The maximum Gasteiger partial charge on any atom is 0.261 e. The molecular formula is C28H35N3O4S. The van der Waals surface area contributed by atoms with Crippen LogP contribution in [0.15, 0.2) is 64.6 Å². The zero-order chi connectivity index (χ0) is 26.3. The van der Waals surface area contributed by atoms with Crippen LogP contribution in [0, 0.1) is 0 Å². The van der Waals surface area contributed by atoms with Gasteiger partial charge in [0.1, 0.15) is 5.76 Å². The zero-order valence-electron chi connectivity index (χ0n) is 21.5. The second-order valence-electron chi connectivity index (χ2n) is 9.47. The van der Waals surface area contributed by atoms with Crippen molar-refractivity contribution in [1.82, 2.24) is 10.6 Å². The van der Waals surface area contributed by atoms with E-state index >= 15 is 0 Å². The molecule has 0 saturated heterocycles. The monoisotopic (exact) mass is 509 g/mol. The van der Waals surface area contributed by atoms with Gasteiger partial charge in [-0.1, -0.05) is 39.0 Å². The molecule has 0 aliphatic heterocycles. The van der Waals surface area contributed by atoms with Crippen LogP contribution in [0.1, 0.15) is 80.4 Å². The fourth-order valence-corrected chi connectivity index (χ4v) is 4.32. The summed E-state index contributed by atoms with van der Waals surface area (Å²) in [7, 11) is 0. The van der Waals surface area contributed by atoms with Gasteiger partial charge in [0.05, 0.1) is 17.7 Å². The van der Waals surface area contributed by atoms with E-state index in [1.54, 1.807) is 29.6 Å². The molecule has 7 nitrogen and oxygen atoms in total. The maximum atomic E-state index is 13.7. The van der Waals surface area contributed by atoms with Gasteiger partial charge in [0.2, 0.25) is 5.91 Å². The molecule has 36 heavy (non-hydrogen) atoms. The van der Waals surface area contributed by atoms with Gasteiger partial charge in [0.15, 0.2) is 6.04 Å². The summed E-state index contributed by atoms with van der Waals surface area (Å²) in [6, 6.07) is 13.4. The normalized spacial score (nSPS) is 13.0. The Balaban J connectivity index is 1.99. The molecule has 0 aliphatic rings. The van der Waals surface area contributed by atoms with Crippen molar-refractivity contribution >= 4 is 34.7 Å². The number of nitrogens with one attached hydrogen (secondary N) is 2. The summed E-state index contributed by atoms with van der Waals surface area (Å²) in [5.74, 6) is -0.425. The van der Waals surface area contributed by atoms with Gasteiger partial charge >= 0.3 is 0 Å². The molecular weight excluding hydrogens is 474 g/mol. The summed E-state index contributed by atoms with van der Waals surface area (Å²) < 4.78 is 5.64. The van der Waals surface area contributed by atoms with Crippen LogP contribution in [0.5, 0.6) is 0 Å². The van der Waals surface area contributed by atoms with Crippen LogP contribution < -0.4 is 15.5 Å². The molecule has 2 unspecified atom stereocenters. The molecule has 0 radical (unpaired) electrons. The smallest absolute Gasteiger partial charge is 0.261 e. The lowest BCUT2D eigenvalue weighted by molar-refractivity contribution is -0.128. The minimum atomic E-state index is -1.05. The van der Waals surface area contributed by atoms with E-state index in [9.17, 15) is 14.4 Å². The zero-order valence-corrected chi connectivity index (χ0v) is 22.4. The first-order valence-electron chi connectivity index (χ1n) is 12.3. The second-order valence-corrected chi connectivity index (χ2v) is 10.4. The Hall–Kier alpha value is -3.39. The Morgan fingerprint density at radius 3 is 2.33 bits per heavy atom. The van der Waals surface area contributed by atoms with E-state index in [2.05, 4.69) is 24.5 Å². The molecule has 0 aliphatic carbocycles. The molecule has 192 valence electrons. The summed E-state index contributed by atoms with van der Waals surface area (Å²) in [4.78, 5) is 41.7. The van der Waals surface area contributed by atoms with Gasteiger partial charge < -0.3 is 15.1 Å². The van der Waals surface area contributed by atoms with Crippen molar-refractivity contribution in [3.8, 4) is 0 Å². The van der Waals surface area contributed by atoms with Crippen LogP contribution in [0.25, 0.3) is 0 Å². The van der Waals surface area contributed by atoms with Crippen LogP contribution in [0.2, 0.25) is 0 Å². The third kappa shape index (κ3) is 6.63. The first kappa shape index (κ1) is 27.2. The molecule has 2 N–H and O–H groups in total. The lowest BCUT2D eigenvalue weighted by Gasteiger charge is -2.33. The van der Waals surface area contributed by atoms with E-state index in [-0.39, 0.29) is 18.4 Å². The molecule has 0 bridgehead atoms. The van der Waals surface area contributed by atoms with Crippen LogP contribution >= 0.6 is 11.3 Å². The summed E-state index contributed by atoms with van der Waals surface area (Å²) >= 11 is 1.30. The minimum Gasteiger partial charge on any atom is -0.467 e. The van der Waals surface area contributed by atoms with Crippen molar-refractivity contribution in [2.75, 3.05) is 11.4 Å². The third-order valence-electron chi connectivity index (χ3n) is 6.43. The lowest BCUT2D eigenvalue weighted by atomic mass is 9.98. The number of thiophene rings is 1. The number of hydrogen-bond acceptors (Lipinski definition) is 5. The second kappa shape index (κ2) is 12.0. The molecule has 2 atom stereocenters. The Morgan fingerprint density at radius 1 is 1.06 bits per heavy atom. The van der Waals surface area contributed by atoms with E-state index in [1.165, 1.54) is 22.5 Å². The molecule has 1 aromatic carbocycles. The van der Waals surface area contributed by atoms with Gasteiger partial charge in [-0.2, -0.15) is 0 Å². The fraction of sp³-hybridized carbons (Fsp3) is 0.393. The topological polar surface area (TPSA) is 91.7 Å². The SMILES string of the molecule is CCC(C)c1ccc(N(C(=O)CNC(=O)c2cccs2)C(C(=O)NC(C)(C)CC)c2ccco2)cc1. The minimum absolute atomic E-state index is 0.272. The van der Waals surface area contributed by atoms with Gasteiger partial charge in [0, 0.05) is 11.2 Å². The molecule has 0 fully saturated rings. The lowest BCUT2D eigenvalue weighted by Crippen LogP contribution is -2.52. The van der Waals surface area contributed by atoms with Crippen LogP contribution in [-0.4, -0.2) is 29.8 Å². The molecule has 8 heteroatoms. The first-order chi connectivity index (χ1) is 17.2. The molecule has 0 spiro atoms. The van der Waals surface area contributed by atoms with E-state index in [4.69, 9.17) is 4.42 Å². The number of furan rings is 1. The highest BCUT2D eigenvalue weighted by atomic mass is 32.1.